The Hall–Kier alpha value is -0.900. The molecule has 3 nitrogen and oxygen atoms in total. The lowest BCUT2D eigenvalue weighted by Crippen LogP contribution is -2.21. The summed E-state index contributed by atoms with van der Waals surface area (Å²) in [5.41, 5.74) is 1.21. The summed E-state index contributed by atoms with van der Waals surface area (Å²) >= 11 is 0. The maximum absolute atomic E-state index is 5.83. The fourth-order valence-electron chi connectivity index (χ4n) is 1.62. The molecule has 0 saturated heterocycles. The zero-order chi connectivity index (χ0) is 12.3. The fraction of sp³-hybridized carbons (Fsp3) is 0.571. The number of nitrogens with one attached hydrogen (secondary N) is 1. The number of benzene rings is 1. The van der Waals surface area contributed by atoms with Crippen molar-refractivity contribution in [1.29, 1.82) is 0 Å². The molecule has 0 saturated carbocycles. The van der Waals surface area contributed by atoms with Crippen LogP contribution in [0, 0.1) is 0 Å². The molecule has 0 aromatic heterocycles. The van der Waals surface area contributed by atoms with Crippen molar-refractivity contribution in [2.75, 3.05) is 33.4 Å². The highest BCUT2D eigenvalue weighted by atomic mass is 16.5. The Morgan fingerprint density at radius 3 is 2.53 bits per heavy atom. The van der Waals surface area contributed by atoms with Gasteiger partial charge in [0.25, 0.3) is 0 Å². The molecule has 17 heavy (non-hydrogen) atoms. The number of likely N-dealkylation sites (N-methyl/N-ethyl adjacent to an activating group) is 1. The lowest BCUT2D eigenvalue weighted by Gasteiger charge is -2.18. The van der Waals surface area contributed by atoms with Gasteiger partial charge in [-0.3, -0.25) is 0 Å². The molecule has 0 heterocycles. The van der Waals surface area contributed by atoms with Crippen LogP contribution in [-0.2, 0) is 9.47 Å². The lowest BCUT2D eigenvalue weighted by molar-refractivity contribution is 0.00497. The van der Waals surface area contributed by atoms with Gasteiger partial charge in [-0.1, -0.05) is 37.3 Å². The Balaban J connectivity index is 2.33. The standard InChI is InChI=1S/C14H23NO2/c1-3-9-16-10-11-17-14(12-15-2)13-7-5-4-6-8-13/h4-8,14-15H,3,9-12H2,1-2H3. The van der Waals surface area contributed by atoms with Crippen molar-refractivity contribution in [3.8, 4) is 0 Å². The Labute approximate surface area is 104 Å². The first-order chi connectivity index (χ1) is 8.38. The predicted octanol–water partition coefficient (Wildman–Crippen LogP) is 2.39. The molecule has 0 spiro atoms. The van der Waals surface area contributed by atoms with Crippen LogP contribution in [0.2, 0.25) is 0 Å². The molecule has 1 rings (SSSR count). The first-order valence-electron chi connectivity index (χ1n) is 6.27. The van der Waals surface area contributed by atoms with Gasteiger partial charge in [0, 0.05) is 13.2 Å². The Kier molecular flexibility index (Phi) is 7.63. The van der Waals surface area contributed by atoms with Crippen LogP contribution in [0.1, 0.15) is 25.0 Å². The third-order valence-electron chi connectivity index (χ3n) is 2.46. The molecule has 0 aliphatic rings. The van der Waals surface area contributed by atoms with Gasteiger partial charge in [0.1, 0.15) is 0 Å². The van der Waals surface area contributed by atoms with Gasteiger partial charge in [0.2, 0.25) is 0 Å². The van der Waals surface area contributed by atoms with E-state index in [9.17, 15) is 0 Å². The summed E-state index contributed by atoms with van der Waals surface area (Å²) in [5, 5.41) is 3.15. The summed E-state index contributed by atoms with van der Waals surface area (Å²) in [6.07, 6.45) is 1.16. The average Bonchev–Trinajstić information content (AvgIpc) is 2.38. The largest absolute Gasteiger partial charge is 0.379 e. The minimum absolute atomic E-state index is 0.103. The van der Waals surface area contributed by atoms with Crippen molar-refractivity contribution in [2.45, 2.75) is 19.4 Å². The third kappa shape index (κ3) is 5.82. The molecule has 0 amide bonds. The van der Waals surface area contributed by atoms with Crippen molar-refractivity contribution in [3.05, 3.63) is 35.9 Å². The first kappa shape index (κ1) is 14.2. The van der Waals surface area contributed by atoms with E-state index in [4.69, 9.17) is 9.47 Å². The summed E-state index contributed by atoms with van der Waals surface area (Å²) in [6, 6.07) is 10.3. The second-order valence-electron chi connectivity index (χ2n) is 3.94. The number of rotatable bonds is 9. The smallest absolute Gasteiger partial charge is 0.0950 e. The molecule has 3 heteroatoms. The quantitative estimate of drug-likeness (QED) is 0.669. The monoisotopic (exact) mass is 237 g/mol. The van der Waals surface area contributed by atoms with Crippen LogP contribution in [0.4, 0.5) is 0 Å². The highest BCUT2D eigenvalue weighted by Gasteiger charge is 2.09. The van der Waals surface area contributed by atoms with Crippen LogP contribution in [0.15, 0.2) is 30.3 Å². The third-order valence-corrected chi connectivity index (χ3v) is 2.46. The molecule has 1 unspecified atom stereocenters. The van der Waals surface area contributed by atoms with Gasteiger partial charge in [-0.2, -0.15) is 0 Å². The first-order valence-corrected chi connectivity index (χ1v) is 6.27. The van der Waals surface area contributed by atoms with E-state index < -0.39 is 0 Å². The Morgan fingerprint density at radius 2 is 1.88 bits per heavy atom. The van der Waals surface area contributed by atoms with Crippen LogP contribution >= 0.6 is 0 Å². The van der Waals surface area contributed by atoms with Crippen LogP contribution in [0.5, 0.6) is 0 Å². The number of hydrogen-bond donors (Lipinski definition) is 1. The van der Waals surface area contributed by atoms with Crippen LogP contribution in [0.25, 0.3) is 0 Å². The molecule has 0 aliphatic carbocycles. The molecule has 0 radical (unpaired) electrons. The highest BCUT2D eigenvalue weighted by Crippen LogP contribution is 2.15. The van der Waals surface area contributed by atoms with Crippen LogP contribution in [0.3, 0.4) is 0 Å². The van der Waals surface area contributed by atoms with Gasteiger partial charge < -0.3 is 14.8 Å². The van der Waals surface area contributed by atoms with Gasteiger partial charge >= 0.3 is 0 Å². The molecule has 96 valence electrons. The minimum atomic E-state index is 0.103. The van der Waals surface area contributed by atoms with E-state index >= 15 is 0 Å². The predicted molar refractivity (Wildman–Crippen MR) is 70.2 cm³/mol. The molecule has 0 aliphatic heterocycles. The van der Waals surface area contributed by atoms with E-state index in [-0.39, 0.29) is 6.10 Å². The summed E-state index contributed by atoms with van der Waals surface area (Å²) in [6.45, 7) is 5.04. The van der Waals surface area contributed by atoms with Crippen molar-refractivity contribution >= 4 is 0 Å². The highest BCUT2D eigenvalue weighted by molar-refractivity contribution is 5.17. The van der Waals surface area contributed by atoms with Gasteiger partial charge in [-0.05, 0) is 19.0 Å². The van der Waals surface area contributed by atoms with Gasteiger partial charge in [-0.25, -0.2) is 0 Å². The molecular formula is C14H23NO2. The molecule has 1 atom stereocenters. The molecule has 0 fully saturated rings. The minimum Gasteiger partial charge on any atom is -0.379 e. The zero-order valence-electron chi connectivity index (χ0n) is 10.8. The Morgan fingerprint density at radius 1 is 1.12 bits per heavy atom. The second-order valence-corrected chi connectivity index (χ2v) is 3.94. The summed E-state index contributed by atoms with van der Waals surface area (Å²) in [7, 11) is 1.94. The second kappa shape index (κ2) is 9.16. The van der Waals surface area contributed by atoms with E-state index in [1.807, 2.05) is 25.2 Å². The topological polar surface area (TPSA) is 30.5 Å². The maximum Gasteiger partial charge on any atom is 0.0950 e. The fourth-order valence-corrected chi connectivity index (χ4v) is 1.62. The molecule has 1 N–H and O–H groups in total. The summed E-state index contributed by atoms with van der Waals surface area (Å²) < 4.78 is 11.2. The van der Waals surface area contributed by atoms with E-state index in [0.717, 1.165) is 19.6 Å². The van der Waals surface area contributed by atoms with E-state index in [1.165, 1.54) is 5.56 Å². The Bertz CT molecular complexity index is 277. The van der Waals surface area contributed by atoms with E-state index in [0.29, 0.717) is 13.2 Å². The van der Waals surface area contributed by atoms with Crippen molar-refractivity contribution < 1.29 is 9.47 Å². The molecule has 0 bridgehead atoms. The van der Waals surface area contributed by atoms with Crippen molar-refractivity contribution in [1.82, 2.24) is 5.32 Å². The van der Waals surface area contributed by atoms with Gasteiger partial charge in [-0.15, -0.1) is 0 Å². The molecular weight excluding hydrogens is 214 g/mol. The summed E-state index contributed by atoms with van der Waals surface area (Å²) in [5.74, 6) is 0. The van der Waals surface area contributed by atoms with E-state index in [2.05, 4.69) is 24.4 Å². The van der Waals surface area contributed by atoms with Crippen LogP contribution < -0.4 is 5.32 Å². The number of hydrogen-bond acceptors (Lipinski definition) is 3. The zero-order valence-corrected chi connectivity index (χ0v) is 10.8. The maximum atomic E-state index is 5.83. The summed E-state index contributed by atoms with van der Waals surface area (Å²) in [4.78, 5) is 0. The normalized spacial score (nSPS) is 12.6. The van der Waals surface area contributed by atoms with Crippen molar-refractivity contribution in [3.63, 3.8) is 0 Å². The lowest BCUT2D eigenvalue weighted by atomic mass is 10.1. The van der Waals surface area contributed by atoms with E-state index in [1.54, 1.807) is 0 Å². The van der Waals surface area contributed by atoms with Crippen LogP contribution in [-0.4, -0.2) is 33.4 Å². The van der Waals surface area contributed by atoms with Gasteiger partial charge in [0.05, 0.1) is 19.3 Å². The molecule has 1 aromatic carbocycles. The number of ether oxygens (including phenoxy) is 2. The van der Waals surface area contributed by atoms with Crippen molar-refractivity contribution in [2.24, 2.45) is 0 Å². The SMILES string of the molecule is CCCOCCOC(CNC)c1ccccc1. The van der Waals surface area contributed by atoms with Gasteiger partial charge in [0.15, 0.2) is 0 Å². The molecule has 1 aromatic rings. The average molecular weight is 237 g/mol.